The van der Waals surface area contributed by atoms with E-state index in [-0.39, 0.29) is 12.1 Å². The Hall–Kier alpha value is -1.62. The third-order valence-corrected chi connectivity index (χ3v) is 3.65. The number of pyridine rings is 1. The number of carbonyl (C=O) groups is 1. The van der Waals surface area contributed by atoms with E-state index in [1.165, 1.54) is 0 Å². The Labute approximate surface area is 126 Å². The van der Waals surface area contributed by atoms with Crippen LogP contribution in [-0.2, 0) is 11.2 Å². The highest BCUT2D eigenvalue weighted by Crippen LogP contribution is 2.22. The number of likely N-dealkylation sites (tertiary alicyclic amines) is 1. The maximum atomic E-state index is 12.0. The average molecular weight is 291 g/mol. The van der Waals surface area contributed by atoms with Gasteiger partial charge in [0.2, 0.25) is 0 Å². The first kappa shape index (κ1) is 15.8. The Morgan fingerprint density at radius 1 is 1.52 bits per heavy atom. The molecule has 2 unspecified atom stereocenters. The first-order valence-electron chi connectivity index (χ1n) is 7.48. The van der Waals surface area contributed by atoms with Crippen molar-refractivity contribution in [1.82, 2.24) is 9.88 Å². The van der Waals surface area contributed by atoms with Gasteiger partial charge in [0.15, 0.2) is 0 Å². The maximum Gasteiger partial charge on any atom is 0.410 e. The minimum Gasteiger partial charge on any atom is -0.444 e. The monoisotopic (exact) mass is 291 g/mol. The first-order valence-corrected chi connectivity index (χ1v) is 7.48. The molecule has 2 rings (SSSR count). The van der Waals surface area contributed by atoms with Crippen molar-refractivity contribution in [1.29, 1.82) is 0 Å². The fraction of sp³-hybridized carbons (Fsp3) is 0.625. The summed E-state index contributed by atoms with van der Waals surface area (Å²) in [5, 5.41) is 0. The van der Waals surface area contributed by atoms with E-state index in [2.05, 4.69) is 4.98 Å². The number of hydrogen-bond donors (Lipinski definition) is 1. The van der Waals surface area contributed by atoms with Crippen LogP contribution >= 0.6 is 0 Å². The van der Waals surface area contributed by atoms with Gasteiger partial charge in [-0.2, -0.15) is 0 Å². The number of nitrogens with two attached hydrogens (primary N) is 1. The van der Waals surface area contributed by atoms with Gasteiger partial charge in [0.25, 0.3) is 0 Å². The van der Waals surface area contributed by atoms with Crippen molar-refractivity contribution in [2.75, 3.05) is 13.1 Å². The molecule has 116 valence electrons. The second kappa shape index (κ2) is 6.43. The fourth-order valence-corrected chi connectivity index (χ4v) is 2.56. The first-order chi connectivity index (χ1) is 9.85. The molecular formula is C16H25N3O2. The zero-order valence-corrected chi connectivity index (χ0v) is 13.1. The van der Waals surface area contributed by atoms with Crippen molar-refractivity contribution in [3.05, 3.63) is 30.1 Å². The molecule has 0 aliphatic carbocycles. The van der Waals surface area contributed by atoms with Crippen LogP contribution in [0.5, 0.6) is 0 Å². The van der Waals surface area contributed by atoms with Gasteiger partial charge in [0, 0.05) is 37.4 Å². The lowest BCUT2D eigenvalue weighted by molar-refractivity contribution is 0.0286. The summed E-state index contributed by atoms with van der Waals surface area (Å²) in [6, 6.07) is 5.87. The molecule has 1 aliphatic heterocycles. The van der Waals surface area contributed by atoms with E-state index in [1.807, 2.05) is 39.0 Å². The third kappa shape index (κ3) is 4.70. The molecule has 0 aromatic carbocycles. The number of rotatable bonds is 3. The van der Waals surface area contributed by atoms with Gasteiger partial charge in [-0.25, -0.2) is 4.79 Å². The fourth-order valence-electron chi connectivity index (χ4n) is 2.56. The molecule has 1 aliphatic rings. The van der Waals surface area contributed by atoms with Gasteiger partial charge in [0.05, 0.1) is 0 Å². The molecule has 1 amide bonds. The molecule has 2 heterocycles. The van der Waals surface area contributed by atoms with Crippen molar-refractivity contribution >= 4 is 6.09 Å². The van der Waals surface area contributed by atoms with E-state index in [4.69, 9.17) is 10.5 Å². The van der Waals surface area contributed by atoms with Crippen LogP contribution in [-0.4, -0.2) is 40.7 Å². The Morgan fingerprint density at radius 2 is 2.29 bits per heavy atom. The number of ether oxygens (including phenoxy) is 1. The highest BCUT2D eigenvalue weighted by Gasteiger charge is 2.32. The van der Waals surface area contributed by atoms with Crippen molar-refractivity contribution in [3.8, 4) is 0 Å². The SMILES string of the molecule is CC(C)(C)OC(=O)N1CCC(C(N)Cc2ccccn2)C1. The molecule has 1 fully saturated rings. The highest BCUT2D eigenvalue weighted by atomic mass is 16.6. The number of aromatic nitrogens is 1. The number of carbonyl (C=O) groups excluding carboxylic acids is 1. The van der Waals surface area contributed by atoms with Gasteiger partial charge in [-0.1, -0.05) is 6.07 Å². The molecule has 0 radical (unpaired) electrons. The molecule has 21 heavy (non-hydrogen) atoms. The summed E-state index contributed by atoms with van der Waals surface area (Å²) in [6.07, 6.45) is 3.21. The quantitative estimate of drug-likeness (QED) is 0.927. The van der Waals surface area contributed by atoms with Crippen LogP contribution in [0.25, 0.3) is 0 Å². The predicted octanol–water partition coefficient (Wildman–Crippen LogP) is 2.21. The van der Waals surface area contributed by atoms with Crippen molar-refractivity contribution in [2.24, 2.45) is 11.7 Å². The summed E-state index contributed by atoms with van der Waals surface area (Å²) < 4.78 is 5.40. The summed E-state index contributed by atoms with van der Waals surface area (Å²) in [7, 11) is 0. The number of amides is 1. The molecule has 0 saturated carbocycles. The van der Waals surface area contributed by atoms with Crippen LogP contribution in [0.3, 0.4) is 0 Å². The average Bonchev–Trinajstić information content (AvgIpc) is 2.87. The molecule has 2 N–H and O–H groups in total. The zero-order valence-electron chi connectivity index (χ0n) is 13.1. The summed E-state index contributed by atoms with van der Waals surface area (Å²) in [5.74, 6) is 0.305. The normalized spacial score (nSPS) is 20.4. The molecule has 1 aromatic heterocycles. The lowest BCUT2D eigenvalue weighted by atomic mass is 9.95. The van der Waals surface area contributed by atoms with E-state index < -0.39 is 5.60 Å². The summed E-state index contributed by atoms with van der Waals surface area (Å²) in [6.45, 7) is 7.03. The zero-order chi connectivity index (χ0) is 15.5. The second-order valence-corrected chi connectivity index (χ2v) is 6.66. The van der Waals surface area contributed by atoms with E-state index >= 15 is 0 Å². The molecule has 2 atom stereocenters. The molecule has 5 heteroatoms. The van der Waals surface area contributed by atoms with Crippen LogP contribution in [0.4, 0.5) is 4.79 Å². The lowest BCUT2D eigenvalue weighted by Crippen LogP contribution is -2.38. The smallest absolute Gasteiger partial charge is 0.410 e. The van der Waals surface area contributed by atoms with Crippen molar-refractivity contribution in [2.45, 2.75) is 45.3 Å². The minimum absolute atomic E-state index is 0.0207. The minimum atomic E-state index is -0.453. The van der Waals surface area contributed by atoms with Crippen LogP contribution in [0.1, 0.15) is 32.9 Å². The van der Waals surface area contributed by atoms with Gasteiger partial charge in [-0.3, -0.25) is 4.98 Å². The second-order valence-electron chi connectivity index (χ2n) is 6.66. The summed E-state index contributed by atoms with van der Waals surface area (Å²) in [5.41, 5.74) is 6.83. The van der Waals surface area contributed by atoms with E-state index in [0.717, 1.165) is 25.1 Å². The summed E-state index contributed by atoms with van der Waals surface area (Å²) >= 11 is 0. The molecular weight excluding hydrogens is 266 g/mol. The van der Waals surface area contributed by atoms with E-state index in [9.17, 15) is 4.79 Å². The number of hydrogen-bond acceptors (Lipinski definition) is 4. The summed E-state index contributed by atoms with van der Waals surface area (Å²) in [4.78, 5) is 18.1. The van der Waals surface area contributed by atoms with Gasteiger partial charge >= 0.3 is 6.09 Å². The molecule has 1 aromatic rings. The van der Waals surface area contributed by atoms with Crippen LogP contribution < -0.4 is 5.73 Å². The molecule has 1 saturated heterocycles. The molecule has 5 nitrogen and oxygen atoms in total. The van der Waals surface area contributed by atoms with E-state index in [0.29, 0.717) is 12.5 Å². The lowest BCUT2D eigenvalue weighted by Gasteiger charge is -2.25. The Bertz CT molecular complexity index is 470. The Kier molecular flexibility index (Phi) is 4.83. The van der Waals surface area contributed by atoms with Gasteiger partial charge in [-0.05, 0) is 45.2 Å². The standard InChI is InChI=1S/C16H25N3O2/c1-16(2,3)21-15(20)19-9-7-12(11-19)14(17)10-13-6-4-5-8-18-13/h4-6,8,12,14H,7,9-11,17H2,1-3H3. The largest absolute Gasteiger partial charge is 0.444 e. The van der Waals surface area contributed by atoms with Crippen molar-refractivity contribution < 1.29 is 9.53 Å². The van der Waals surface area contributed by atoms with Gasteiger partial charge < -0.3 is 15.4 Å². The van der Waals surface area contributed by atoms with Crippen LogP contribution in [0.2, 0.25) is 0 Å². The Morgan fingerprint density at radius 3 is 2.90 bits per heavy atom. The van der Waals surface area contributed by atoms with Gasteiger partial charge in [0.1, 0.15) is 5.60 Å². The van der Waals surface area contributed by atoms with E-state index in [1.54, 1.807) is 11.1 Å². The maximum absolute atomic E-state index is 12.0. The molecule has 0 bridgehead atoms. The Balaban J connectivity index is 1.86. The predicted molar refractivity (Wildman–Crippen MR) is 81.8 cm³/mol. The van der Waals surface area contributed by atoms with Crippen LogP contribution in [0.15, 0.2) is 24.4 Å². The number of nitrogens with zero attached hydrogens (tertiary/aromatic N) is 2. The van der Waals surface area contributed by atoms with Crippen molar-refractivity contribution in [3.63, 3.8) is 0 Å². The van der Waals surface area contributed by atoms with Crippen LogP contribution in [0, 0.1) is 5.92 Å². The topological polar surface area (TPSA) is 68.5 Å². The third-order valence-electron chi connectivity index (χ3n) is 3.65. The van der Waals surface area contributed by atoms with Gasteiger partial charge in [-0.15, -0.1) is 0 Å². The molecule has 0 spiro atoms. The highest BCUT2D eigenvalue weighted by molar-refractivity contribution is 5.68.